The summed E-state index contributed by atoms with van der Waals surface area (Å²) in [4.78, 5) is 21.4. The predicted molar refractivity (Wildman–Crippen MR) is 68.8 cm³/mol. The Balaban J connectivity index is 2.04. The Morgan fingerprint density at radius 3 is 3.05 bits per heavy atom. The number of ether oxygens (including phenoxy) is 1. The highest BCUT2D eigenvalue weighted by atomic mass is 16.5. The SMILES string of the molecule is CCOC(=O)c1coc(N(C)Cc2cccnc2)n1. The zero-order chi connectivity index (χ0) is 13.7. The lowest BCUT2D eigenvalue weighted by atomic mass is 10.3. The van der Waals surface area contributed by atoms with E-state index in [1.54, 1.807) is 24.2 Å². The van der Waals surface area contributed by atoms with Gasteiger partial charge in [0.05, 0.1) is 6.61 Å². The molecule has 0 N–H and O–H groups in total. The third-order valence-corrected chi connectivity index (χ3v) is 2.45. The van der Waals surface area contributed by atoms with E-state index in [1.165, 1.54) is 6.26 Å². The zero-order valence-electron chi connectivity index (χ0n) is 10.9. The number of carbonyl (C=O) groups excluding carboxylic acids is 1. The Kier molecular flexibility index (Phi) is 4.12. The van der Waals surface area contributed by atoms with Crippen molar-refractivity contribution in [3.63, 3.8) is 0 Å². The van der Waals surface area contributed by atoms with Crippen molar-refractivity contribution in [3.05, 3.63) is 42.0 Å². The zero-order valence-corrected chi connectivity index (χ0v) is 10.9. The lowest BCUT2D eigenvalue weighted by Gasteiger charge is -2.13. The van der Waals surface area contributed by atoms with Crippen LogP contribution in [0.4, 0.5) is 6.01 Å². The molecule has 0 radical (unpaired) electrons. The highest BCUT2D eigenvalue weighted by Gasteiger charge is 2.15. The fourth-order valence-corrected chi connectivity index (χ4v) is 1.57. The van der Waals surface area contributed by atoms with E-state index >= 15 is 0 Å². The number of esters is 1. The second-order valence-electron chi connectivity index (χ2n) is 3.95. The molecule has 6 nitrogen and oxygen atoms in total. The van der Waals surface area contributed by atoms with Gasteiger partial charge in [0.15, 0.2) is 5.69 Å². The minimum atomic E-state index is -0.479. The van der Waals surface area contributed by atoms with Crippen LogP contribution >= 0.6 is 0 Å². The van der Waals surface area contributed by atoms with Crippen molar-refractivity contribution in [2.75, 3.05) is 18.6 Å². The van der Waals surface area contributed by atoms with Crippen molar-refractivity contribution in [1.82, 2.24) is 9.97 Å². The fraction of sp³-hybridized carbons (Fsp3) is 0.308. The van der Waals surface area contributed by atoms with Crippen molar-refractivity contribution >= 4 is 12.0 Å². The summed E-state index contributed by atoms with van der Waals surface area (Å²) in [6, 6.07) is 4.19. The van der Waals surface area contributed by atoms with E-state index in [-0.39, 0.29) is 5.69 Å². The average molecular weight is 261 g/mol. The van der Waals surface area contributed by atoms with Crippen LogP contribution in [0.15, 0.2) is 35.2 Å². The number of carbonyl (C=O) groups is 1. The first-order valence-corrected chi connectivity index (χ1v) is 5.93. The number of hydrogen-bond acceptors (Lipinski definition) is 6. The first kappa shape index (κ1) is 13.1. The van der Waals surface area contributed by atoms with Crippen LogP contribution in [0.25, 0.3) is 0 Å². The standard InChI is InChI=1S/C13H15N3O3/c1-3-18-12(17)11-9-19-13(15-11)16(2)8-10-5-4-6-14-7-10/h4-7,9H,3,8H2,1-2H3. The summed E-state index contributed by atoms with van der Waals surface area (Å²) in [5.41, 5.74) is 1.20. The number of pyridine rings is 1. The van der Waals surface area contributed by atoms with Gasteiger partial charge in [-0.1, -0.05) is 6.07 Å². The van der Waals surface area contributed by atoms with Crippen LogP contribution in [0.3, 0.4) is 0 Å². The second kappa shape index (κ2) is 5.99. The molecule has 100 valence electrons. The molecular weight excluding hydrogens is 246 g/mol. The first-order valence-electron chi connectivity index (χ1n) is 5.93. The molecule has 6 heteroatoms. The van der Waals surface area contributed by atoms with Gasteiger partial charge >= 0.3 is 5.97 Å². The monoisotopic (exact) mass is 261 g/mol. The molecule has 0 atom stereocenters. The van der Waals surface area contributed by atoms with Crippen molar-refractivity contribution in [3.8, 4) is 0 Å². The molecule has 0 amide bonds. The van der Waals surface area contributed by atoms with Gasteiger partial charge in [0, 0.05) is 26.0 Å². The molecule has 0 unspecified atom stereocenters. The van der Waals surface area contributed by atoms with Crippen molar-refractivity contribution < 1.29 is 13.9 Å². The minimum absolute atomic E-state index is 0.176. The number of nitrogens with zero attached hydrogens (tertiary/aromatic N) is 3. The minimum Gasteiger partial charge on any atom is -0.461 e. The lowest BCUT2D eigenvalue weighted by molar-refractivity contribution is 0.0519. The molecule has 2 heterocycles. The van der Waals surface area contributed by atoms with E-state index < -0.39 is 5.97 Å². The van der Waals surface area contributed by atoms with E-state index in [1.807, 2.05) is 19.2 Å². The van der Waals surface area contributed by atoms with Gasteiger partial charge in [-0.05, 0) is 18.6 Å². The topological polar surface area (TPSA) is 68.5 Å². The Hall–Kier alpha value is -2.37. The smallest absolute Gasteiger partial charge is 0.360 e. The third-order valence-electron chi connectivity index (χ3n) is 2.45. The Morgan fingerprint density at radius 2 is 2.37 bits per heavy atom. The summed E-state index contributed by atoms with van der Waals surface area (Å²) < 4.78 is 10.1. The Bertz CT molecular complexity index is 539. The third kappa shape index (κ3) is 3.31. The van der Waals surface area contributed by atoms with Crippen LogP contribution in [-0.4, -0.2) is 29.6 Å². The molecule has 0 spiro atoms. The van der Waals surface area contributed by atoms with Gasteiger partial charge in [-0.15, -0.1) is 0 Å². The average Bonchev–Trinajstić information content (AvgIpc) is 2.90. The number of hydrogen-bond donors (Lipinski definition) is 0. The molecule has 19 heavy (non-hydrogen) atoms. The molecule has 0 fully saturated rings. The summed E-state index contributed by atoms with van der Waals surface area (Å²) in [5.74, 6) is -0.479. The molecule has 2 aromatic heterocycles. The van der Waals surface area contributed by atoms with E-state index in [0.717, 1.165) is 5.56 Å². The van der Waals surface area contributed by atoms with Crippen molar-refractivity contribution in [2.45, 2.75) is 13.5 Å². The summed E-state index contributed by atoms with van der Waals surface area (Å²) in [7, 11) is 1.83. The summed E-state index contributed by atoms with van der Waals surface area (Å²) in [6.45, 7) is 2.65. The Labute approximate surface area is 111 Å². The highest BCUT2D eigenvalue weighted by molar-refractivity contribution is 5.87. The predicted octanol–water partition coefficient (Wildman–Crippen LogP) is 1.88. The lowest BCUT2D eigenvalue weighted by Crippen LogP contribution is -2.17. The summed E-state index contributed by atoms with van der Waals surface area (Å²) in [5, 5.41) is 0. The van der Waals surface area contributed by atoms with Gasteiger partial charge in [-0.2, -0.15) is 4.98 Å². The van der Waals surface area contributed by atoms with Crippen LogP contribution in [0.5, 0.6) is 0 Å². The van der Waals surface area contributed by atoms with E-state index in [4.69, 9.17) is 9.15 Å². The number of anilines is 1. The molecule has 0 saturated carbocycles. The van der Waals surface area contributed by atoms with Gasteiger partial charge in [0.1, 0.15) is 6.26 Å². The van der Waals surface area contributed by atoms with Gasteiger partial charge in [0.2, 0.25) is 0 Å². The molecule has 0 aliphatic carbocycles. The number of oxazole rings is 1. The Morgan fingerprint density at radius 1 is 1.53 bits per heavy atom. The number of rotatable bonds is 5. The van der Waals surface area contributed by atoms with Gasteiger partial charge in [-0.3, -0.25) is 4.98 Å². The molecule has 0 aromatic carbocycles. The van der Waals surface area contributed by atoms with Crippen molar-refractivity contribution in [1.29, 1.82) is 0 Å². The van der Waals surface area contributed by atoms with Gasteiger partial charge in [-0.25, -0.2) is 4.79 Å². The fourth-order valence-electron chi connectivity index (χ4n) is 1.57. The molecule has 0 aliphatic heterocycles. The molecule has 2 rings (SSSR count). The van der Waals surface area contributed by atoms with Gasteiger partial charge in [0.25, 0.3) is 6.01 Å². The summed E-state index contributed by atoms with van der Waals surface area (Å²) >= 11 is 0. The van der Waals surface area contributed by atoms with Crippen molar-refractivity contribution in [2.24, 2.45) is 0 Å². The maximum absolute atomic E-state index is 11.5. The van der Waals surface area contributed by atoms with Crippen LogP contribution in [0.2, 0.25) is 0 Å². The van der Waals surface area contributed by atoms with Crippen LogP contribution in [-0.2, 0) is 11.3 Å². The second-order valence-corrected chi connectivity index (χ2v) is 3.95. The van der Waals surface area contributed by atoms with E-state index in [9.17, 15) is 4.79 Å². The molecular formula is C13H15N3O3. The summed E-state index contributed by atoms with van der Waals surface area (Å²) in [6.07, 6.45) is 4.78. The molecule has 2 aromatic rings. The maximum atomic E-state index is 11.5. The van der Waals surface area contributed by atoms with E-state index in [2.05, 4.69) is 9.97 Å². The van der Waals surface area contributed by atoms with Gasteiger partial charge < -0.3 is 14.1 Å². The van der Waals surface area contributed by atoms with Crippen LogP contribution in [0.1, 0.15) is 23.0 Å². The van der Waals surface area contributed by atoms with Crippen LogP contribution in [0, 0.1) is 0 Å². The quantitative estimate of drug-likeness (QED) is 0.765. The molecule has 0 bridgehead atoms. The molecule has 0 aliphatic rings. The largest absolute Gasteiger partial charge is 0.461 e. The van der Waals surface area contributed by atoms with Crippen LogP contribution < -0.4 is 4.90 Å². The first-order chi connectivity index (χ1) is 9.20. The normalized spacial score (nSPS) is 10.2. The van der Waals surface area contributed by atoms with E-state index in [0.29, 0.717) is 19.2 Å². The highest BCUT2D eigenvalue weighted by Crippen LogP contribution is 2.15. The molecule has 0 saturated heterocycles. The number of aromatic nitrogens is 2. The maximum Gasteiger partial charge on any atom is 0.360 e.